The lowest BCUT2D eigenvalue weighted by molar-refractivity contribution is -0.166. The van der Waals surface area contributed by atoms with Crippen LogP contribution in [0.25, 0.3) is 0 Å². The van der Waals surface area contributed by atoms with Gasteiger partial charge in [0.15, 0.2) is 11.4 Å². The Morgan fingerprint density at radius 3 is 2.04 bits per heavy atom. The van der Waals surface area contributed by atoms with E-state index in [1.165, 1.54) is 30.3 Å². The van der Waals surface area contributed by atoms with Crippen LogP contribution in [0, 0.1) is 0 Å². The van der Waals surface area contributed by atoms with Crippen molar-refractivity contribution in [1.29, 1.82) is 0 Å². The van der Waals surface area contributed by atoms with Crippen molar-refractivity contribution in [1.82, 2.24) is 0 Å². The lowest BCUT2D eigenvalue weighted by Crippen LogP contribution is -2.60. The third-order valence-electron chi connectivity index (χ3n) is 4.35. The molecular weight excluding hydrogens is 364 g/mol. The number of ketones is 1. The molecule has 0 heterocycles. The fourth-order valence-electron chi connectivity index (χ4n) is 2.71. The fraction of sp³-hybridized carbons (Fsp3) is 0.190. The van der Waals surface area contributed by atoms with Gasteiger partial charge in [0.05, 0.1) is 11.1 Å². The molecule has 2 aromatic carbocycles. The SMILES string of the molecule is O=C(OC[C@]1(O)C(=O)C=C[C@H](OC(=O)c2ccccc2)[C@H]1O)c1ccccc1. The highest BCUT2D eigenvalue weighted by atomic mass is 16.6. The lowest BCUT2D eigenvalue weighted by Gasteiger charge is -2.36. The number of aliphatic hydroxyl groups excluding tert-OH is 1. The standard InChI is InChI=1S/C21H18O7/c22-17-12-11-16(28-20(25)15-9-5-2-6-10-15)18(23)21(17,26)13-27-19(24)14-7-3-1-4-8-14/h1-12,16,18,23,26H,13H2/t16-,18+,21-/m0/s1. The molecule has 28 heavy (non-hydrogen) atoms. The molecule has 1 aliphatic carbocycles. The van der Waals surface area contributed by atoms with Gasteiger partial charge in [0, 0.05) is 0 Å². The summed E-state index contributed by atoms with van der Waals surface area (Å²) < 4.78 is 10.2. The molecule has 7 nitrogen and oxygen atoms in total. The first-order chi connectivity index (χ1) is 13.4. The molecule has 3 rings (SSSR count). The number of esters is 2. The lowest BCUT2D eigenvalue weighted by atomic mass is 9.84. The van der Waals surface area contributed by atoms with Crippen LogP contribution in [0.1, 0.15) is 20.7 Å². The van der Waals surface area contributed by atoms with Crippen LogP contribution in [0.3, 0.4) is 0 Å². The van der Waals surface area contributed by atoms with E-state index in [1.807, 2.05) is 0 Å². The molecule has 0 radical (unpaired) electrons. The summed E-state index contributed by atoms with van der Waals surface area (Å²) in [7, 11) is 0. The second kappa shape index (κ2) is 8.16. The molecule has 0 saturated heterocycles. The van der Waals surface area contributed by atoms with Gasteiger partial charge in [-0.1, -0.05) is 36.4 Å². The van der Waals surface area contributed by atoms with Gasteiger partial charge in [-0.2, -0.15) is 0 Å². The number of carbonyl (C=O) groups is 3. The van der Waals surface area contributed by atoms with E-state index < -0.39 is 42.1 Å². The van der Waals surface area contributed by atoms with Crippen LogP contribution in [0.5, 0.6) is 0 Å². The van der Waals surface area contributed by atoms with Gasteiger partial charge in [0.25, 0.3) is 0 Å². The topological polar surface area (TPSA) is 110 Å². The van der Waals surface area contributed by atoms with Crippen LogP contribution in [-0.2, 0) is 14.3 Å². The maximum absolute atomic E-state index is 12.2. The molecule has 2 aromatic rings. The van der Waals surface area contributed by atoms with Crippen molar-refractivity contribution in [2.45, 2.75) is 17.8 Å². The van der Waals surface area contributed by atoms with Gasteiger partial charge >= 0.3 is 11.9 Å². The number of rotatable bonds is 5. The van der Waals surface area contributed by atoms with Crippen molar-refractivity contribution in [2.24, 2.45) is 0 Å². The minimum absolute atomic E-state index is 0.228. The van der Waals surface area contributed by atoms with Gasteiger partial charge in [-0.25, -0.2) is 9.59 Å². The zero-order valence-corrected chi connectivity index (χ0v) is 14.7. The first-order valence-electron chi connectivity index (χ1n) is 8.53. The fourth-order valence-corrected chi connectivity index (χ4v) is 2.71. The van der Waals surface area contributed by atoms with Crippen molar-refractivity contribution >= 4 is 17.7 Å². The number of aliphatic hydroxyl groups is 2. The summed E-state index contributed by atoms with van der Waals surface area (Å²) in [5, 5.41) is 21.1. The first kappa shape index (κ1) is 19.5. The van der Waals surface area contributed by atoms with Gasteiger partial charge in [0.1, 0.15) is 18.8 Å². The predicted octanol–water partition coefficient (Wildman–Crippen LogP) is 1.30. The smallest absolute Gasteiger partial charge is 0.338 e. The van der Waals surface area contributed by atoms with Crippen LogP contribution in [0.15, 0.2) is 72.8 Å². The summed E-state index contributed by atoms with van der Waals surface area (Å²) in [6, 6.07) is 16.1. The van der Waals surface area contributed by atoms with E-state index in [-0.39, 0.29) is 11.1 Å². The molecule has 0 spiro atoms. The molecule has 0 aromatic heterocycles. The minimum Gasteiger partial charge on any atom is -0.458 e. The largest absolute Gasteiger partial charge is 0.458 e. The molecule has 2 N–H and O–H groups in total. The van der Waals surface area contributed by atoms with Crippen molar-refractivity contribution < 1.29 is 34.1 Å². The monoisotopic (exact) mass is 382 g/mol. The number of carbonyl (C=O) groups excluding carboxylic acids is 3. The summed E-state index contributed by atoms with van der Waals surface area (Å²) in [6.07, 6.45) is -0.917. The van der Waals surface area contributed by atoms with Gasteiger partial charge in [-0.05, 0) is 36.4 Å². The maximum atomic E-state index is 12.2. The highest BCUT2D eigenvalue weighted by Crippen LogP contribution is 2.25. The van der Waals surface area contributed by atoms with Gasteiger partial charge in [0.2, 0.25) is 0 Å². The Balaban J connectivity index is 1.70. The Morgan fingerprint density at radius 2 is 1.46 bits per heavy atom. The van der Waals surface area contributed by atoms with Gasteiger partial charge in [-0.15, -0.1) is 0 Å². The van der Waals surface area contributed by atoms with Crippen LogP contribution >= 0.6 is 0 Å². The molecule has 0 fully saturated rings. The maximum Gasteiger partial charge on any atom is 0.338 e. The Hall–Kier alpha value is -3.29. The van der Waals surface area contributed by atoms with Crippen molar-refractivity contribution in [3.8, 4) is 0 Å². The van der Waals surface area contributed by atoms with Gasteiger partial charge in [-0.3, -0.25) is 4.79 Å². The van der Waals surface area contributed by atoms with Crippen molar-refractivity contribution in [2.75, 3.05) is 6.61 Å². The summed E-state index contributed by atoms with van der Waals surface area (Å²) in [4.78, 5) is 36.4. The summed E-state index contributed by atoms with van der Waals surface area (Å²) in [5.41, 5.74) is -1.95. The summed E-state index contributed by atoms with van der Waals surface area (Å²) in [6.45, 7) is -0.787. The molecular formula is C21H18O7. The second-order valence-electron chi connectivity index (χ2n) is 6.27. The molecule has 0 unspecified atom stereocenters. The molecule has 0 saturated carbocycles. The van der Waals surface area contributed by atoms with Gasteiger partial charge < -0.3 is 19.7 Å². The summed E-state index contributed by atoms with van der Waals surface area (Å²) >= 11 is 0. The zero-order chi connectivity index (χ0) is 20.1. The molecule has 0 amide bonds. The molecule has 144 valence electrons. The Labute approximate surface area is 160 Å². The number of benzene rings is 2. The number of hydrogen-bond acceptors (Lipinski definition) is 7. The molecule has 1 aliphatic rings. The van der Waals surface area contributed by atoms with E-state index in [4.69, 9.17) is 9.47 Å². The molecule has 3 atom stereocenters. The molecule has 0 bridgehead atoms. The normalized spacial score (nSPS) is 23.9. The zero-order valence-electron chi connectivity index (χ0n) is 14.7. The third-order valence-corrected chi connectivity index (χ3v) is 4.35. The minimum atomic E-state index is -2.43. The predicted molar refractivity (Wildman–Crippen MR) is 97.5 cm³/mol. The van der Waals surface area contributed by atoms with E-state index in [9.17, 15) is 24.6 Å². The molecule has 7 heteroatoms. The van der Waals surface area contributed by atoms with Crippen LogP contribution in [-0.4, -0.2) is 52.4 Å². The Kier molecular flexibility index (Phi) is 5.67. The van der Waals surface area contributed by atoms with E-state index in [0.717, 1.165) is 6.08 Å². The highest BCUT2D eigenvalue weighted by Gasteiger charge is 2.50. The van der Waals surface area contributed by atoms with E-state index in [1.54, 1.807) is 36.4 Å². The van der Waals surface area contributed by atoms with E-state index in [0.29, 0.717) is 0 Å². The van der Waals surface area contributed by atoms with Crippen molar-refractivity contribution in [3.05, 3.63) is 83.9 Å². The average molecular weight is 382 g/mol. The Morgan fingerprint density at radius 1 is 0.929 bits per heavy atom. The molecule has 0 aliphatic heterocycles. The van der Waals surface area contributed by atoms with Crippen LogP contribution < -0.4 is 0 Å². The average Bonchev–Trinajstić information content (AvgIpc) is 2.74. The van der Waals surface area contributed by atoms with E-state index in [2.05, 4.69) is 0 Å². The third kappa shape index (κ3) is 4.00. The Bertz CT molecular complexity index is 891. The quantitative estimate of drug-likeness (QED) is 0.750. The van der Waals surface area contributed by atoms with Crippen LogP contribution in [0.2, 0.25) is 0 Å². The highest BCUT2D eigenvalue weighted by molar-refractivity contribution is 5.99. The number of hydrogen-bond donors (Lipinski definition) is 2. The second-order valence-corrected chi connectivity index (χ2v) is 6.27. The van der Waals surface area contributed by atoms with Crippen LogP contribution in [0.4, 0.5) is 0 Å². The van der Waals surface area contributed by atoms with E-state index >= 15 is 0 Å². The first-order valence-corrected chi connectivity index (χ1v) is 8.53. The summed E-state index contributed by atoms with van der Waals surface area (Å²) in [5.74, 6) is -2.35. The number of ether oxygens (including phenoxy) is 2. The van der Waals surface area contributed by atoms with Crippen molar-refractivity contribution in [3.63, 3.8) is 0 Å².